The van der Waals surface area contributed by atoms with E-state index in [2.05, 4.69) is 22.0 Å². The van der Waals surface area contributed by atoms with Crippen LogP contribution in [0.2, 0.25) is 0 Å². The zero-order chi connectivity index (χ0) is 18.8. The van der Waals surface area contributed by atoms with E-state index in [4.69, 9.17) is 0 Å². The molecule has 140 valence electrons. The molecule has 6 nitrogen and oxygen atoms in total. The van der Waals surface area contributed by atoms with Crippen LogP contribution in [0.15, 0.2) is 47.5 Å². The van der Waals surface area contributed by atoms with Gasteiger partial charge in [0.15, 0.2) is 0 Å². The Bertz CT molecular complexity index is 1000. The summed E-state index contributed by atoms with van der Waals surface area (Å²) in [7, 11) is 0. The Morgan fingerprint density at radius 1 is 1.15 bits per heavy atom. The van der Waals surface area contributed by atoms with Gasteiger partial charge < -0.3 is 4.90 Å². The van der Waals surface area contributed by atoms with E-state index in [1.807, 2.05) is 36.1 Å². The SMILES string of the molecule is Cc1cc2c(=O)n(CC(=O)N3CCN(Cc4ccccc4)CC3)cnc2s1. The largest absolute Gasteiger partial charge is 0.339 e. The van der Waals surface area contributed by atoms with Crippen LogP contribution in [0, 0.1) is 6.92 Å². The Hall–Kier alpha value is -2.51. The Labute approximate surface area is 161 Å². The van der Waals surface area contributed by atoms with Gasteiger partial charge in [-0.1, -0.05) is 30.3 Å². The molecule has 0 radical (unpaired) electrons. The number of hydrogen-bond donors (Lipinski definition) is 0. The van der Waals surface area contributed by atoms with E-state index in [0.717, 1.165) is 29.3 Å². The van der Waals surface area contributed by atoms with Gasteiger partial charge in [-0.05, 0) is 18.6 Å². The van der Waals surface area contributed by atoms with Gasteiger partial charge in [-0.3, -0.25) is 19.1 Å². The smallest absolute Gasteiger partial charge is 0.262 e. The highest BCUT2D eigenvalue weighted by Gasteiger charge is 2.22. The van der Waals surface area contributed by atoms with Crippen molar-refractivity contribution in [1.82, 2.24) is 19.4 Å². The van der Waals surface area contributed by atoms with Gasteiger partial charge in [0.25, 0.3) is 5.56 Å². The summed E-state index contributed by atoms with van der Waals surface area (Å²) in [5, 5.41) is 0.598. The van der Waals surface area contributed by atoms with Crippen molar-refractivity contribution in [3.63, 3.8) is 0 Å². The predicted octanol–water partition coefficient (Wildman–Crippen LogP) is 2.11. The van der Waals surface area contributed by atoms with Crippen molar-refractivity contribution < 1.29 is 4.79 Å². The predicted molar refractivity (Wildman–Crippen MR) is 107 cm³/mol. The average molecular weight is 382 g/mol. The summed E-state index contributed by atoms with van der Waals surface area (Å²) in [4.78, 5) is 35.5. The van der Waals surface area contributed by atoms with Crippen molar-refractivity contribution in [1.29, 1.82) is 0 Å². The van der Waals surface area contributed by atoms with Gasteiger partial charge in [0, 0.05) is 37.6 Å². The highest BCUT2D eigenvalue weighted by Crippen LogP contribution is 2.19. The lowest BCUT2D eigenvalue weighted by molar-refractivity contribution is -0.133. The number of nitrogens with zero attached hydrogens (tertiary/aromatic N) is 4. The maximum absolute atomic E-state index is 12.6. The van der Waals surface area contributed by atoms with Crippen LogP contribution in [0.25, 0.3) is 10.2 Å². The number of carbonyl (C=O) groups is 1. The summed E-state index contributed by atoms with van der Waals surface area (Å²) >= 11 is 1.50. The summed E-state index contributed by atoms with van der Waals surface area (Å²) in [6, 6.07) is 12.2. The topological polar surface area (TPSA) is 58.4 Å². The molecule has 0 unspecified atom stereocenters. The molecular weight excluding hydrogens is 360 g/mol. The minimum atomic E-state index is -0.139. The number of rotatable bonds is 4. The standard InChI is InChI=1S/C20H22N4O2S/c1-15-11-17-19(27-15)21-14-24(20(17)26)13-18(25)23-9-7-22(8-10-23)12-16-5-3-2-4-6-16/h2-6,11,14H,7-10,12-13H2,1H3. The monoisotopic (exact) mass is 382 g/mol. The van der Waals surface area contributed by atoms with E-state index in [1.54, 1.807) is 0 Å². The molecule has 1 aliphatic rings. The molecule has 27 heavy (non-hydrogen) atoms. The third-order valence-corrected chi connectivity index (χ3v) is 5.88. The van der Waals surface area contributed by atoms with Gasteiger partial charge in [0.05, 0.1) is 11.7 Å². The highest BCUT2D eigenvalue weighted by molar-refractivity contribution is 7.18. The van der Waals surface area contributed by atoms with E-state index in [9.17, 15) is 9.59 Å². The van der Waals surface area contributed by atoms with E-state index >= 15 is 0 Å². The molecular formula is C20H22N4O2S. The average Bonchev–Trinajstić information content (AvgIpc) is 3.07. The van der Waals surface area contributed by atoms with Crippen LogP contribution in [-0.2, 0) is 17.9 Å². The highest BCUT2D eigenvalue weighted by atomic mass is 32.1. The summed E-state index contributed by atoms with van der Waals surface area (Å²) in [6.45, 7) is 5.97. The van der Waals surface area contributed by atoms with E-state index in [1.165, 1.54) is 27.8 Å². The van der Waals surface area contributed by atoms with Gasteiger partial charge in [0.1, 0.15) is 11.4 Å². The Morgan fingerprint density at radius 2 is 1.89 bits per heavy atom. The number of aromatic nitrogens is 2. The van der Waals surface area contributed by atoms with Crippen LogP contribution >= 0.6 is 11.3 Å². The third kappa shape index (κ3) is 3.94. The van der Waals surface area contributed by atoms with Crippen LogP contribution in [0.3, 0.4) is 0 Å². The molecule has 4 rings (SSSR count). The lowest BCUT2D eigenvalue weighted by Crippen LogP contribution is -2.49. The van der Waals surface area contributed by atoms with Gasteiger partial charge >= 0.3 is 0 Å². The van der Waals surface area contributed by atoms with Crippen LogP contribution < -0.4 is 5.56 Å². The molecule has 7 heteroatoms. The van der Waals surface area contributed by atoms with Gasteiger partial charge in [-0.25, -0.2) is 4.98 Å². The summed E-state index contributed by atoms with van der Waals surface area (Å²) < 4.78 is 1.42. The normalized spacial score (nSPS) is 15.4. The number of amides is 1. The van der Waals surface area contributed by atoms with Crippen LogP contribution in [0.4, 0.5) is 0 Å². The maximum Gasteiger partial charge on any atom is 0.262 e. The van der Waals surface area contributed by atoms with Crippen molar-refractivity contribution in [3.8, 4) is 0 Å². The molecule has 3 heterocycles. The van der Waals surface area contributed by atoms with Gasteiger partial charge in [0.2, 0.25) is 5.91 Å². The van der Waals surface area contributed by atoms with Crippen molar-refractivity contribution >= 4 is 27.5 Å². The van der Waals surface area contributed by atoms with Crippen molar-refractivity contribution in [2.75, 3.05) is 26.2 Å². The number of carbonyl (C=O) groups excluding carboxylic acids is 1. The first-order valence-corrected chi connectivity index (χ1v) is 9.91. The van der Waals surface area contributed by atoms with Crippen LogP contribution in [0.1, 0.15) is 10.4 Å². The molecule has 1 amide bonds. The van der Waals surface area contributed by atoms with Crippen molar-refractivity contribution in [3.05, 3.63) is 63.5 Å². The summed E-state index contributed by atoms with van der Waals surface area (Å²) in [5.74, 6) is -0.0236. The molecule has 1 saturated heterocycles. The Balaban J connectivity index is 1.37. The molecule has 2 aromatic heterocycles. The second-order valence-corrected chi connectivity index (χ2v) is 8.13. The zero-order valence-electron chi connectivity index (χ0n) is 15.3. The number of aryl methyl sites for hydroxylation is 1. The summed E-state index contributed by atoms with van der Waals surface area (Å²) in [6.07, 6.45) is 1.49. The zero-order valence-corrected chi connectivity index (χ0v) is 16.1. The Morgan fingerprint density at radius 3 is 2.63 bits per heavy atom. The molecule has 3 aromatic rings. The fourth-order valence-corrected chi connectivity index (χ4v) is 4.27. The number of hydrogen-bond acceptors (Lipinski definition) is 5. The summed E-state index contributed by atoms with van der Waals surface area (Å²) in [5.41, 5.74) is 1.15. The van der Waals surface area contributed by atoms with Crippen LogP contribution in [0.5, 0.6) is 0 Å². The first-order valence-electron chi connectivity index (χ1n) is 9.10. The maximum atomic E-state index is 12.6. The number of fused-ring (bicyclic) bond motifs is 1. The lowest BCUT2D eigenvalue weighted by atomic mass is 10.2. The fraction of sp³-hybridized carbons (Fsp3) is 0.350. The second-order valence-electron chi connectivity index (χ2n) is 6.90. The first kappa shape index (κ1) is 17.9. The van der Waals surface area contributed by atoms with E-state index in [-0.39, 0.29) is 18.0 Å². The number of thiophene rings is 1. The van der Waals surface area contributed by atoms with Crippen molar-refractivity contribution in [2.45, 2.75) is 20.0 Å². The number of piperazine rings is 1. The fourth-order valence-electron chi connectivity index (χ4n) is 3.44. The second kappa shape index (κ2) is 7.62. The molecule has 1 aliphatic heterocycles. The van der Waals surface area contributed by atoms with E-state index < -0.39 is 0 Å². The molecule has 1 aromatic carbocycles. The lowest BCUT2D eigenvalue weighted by Gasteiger charge is -2.34. The molecule has 0 spiro atoms. The molecule has 1 fully saturated rings. The van der Waals surface area contributed by atoms with Crippen LogP contribution in [-0.4, -0.2) is 51.4 Å². The van der Waals surface area contributed by atoms with Gasteiger partial charge in [-0.15, -0.1) is 11.3 Å². The molecule has 0 N–H and O–H groups in total. The van der Waals surface area contributed by atoms with E-state index in [0.29, 0.717) is 18.5 Å². The molecule has 0 bridgehead atoms. The molecule has 0 atom stereocenters. The molecule has 0 saturated carbocycles. The quantitative estimate of drug-likeness (QED) is 0.694. The first-order chi connectivity index (χ1) is 13.1. The minimum Gasteiger partial charge on any atom is -0.339 e. The Kier molecular flexibility index (Phi) is 5.05. The third-order valence-electron chi connectivity index (χ3n) is 4.92. The number of benzene rings is 1. The van der Waals surface area contributed by atoms with Gasteiger partial charge in [-0.2, -0.15) is 0 Å². The van der Waals surface area contributed by atoms with Crippen molar-refractivity contribution in [2.24, 2.45) is 0 Å². The minimum absolute atomic E-state index is 0.0236. The molecule has 0 aliphatic carbocycles.